The molecule has 0 bridgehead atoms. The van der Waals surface area contributed by atoms with Gasteiger partial charge in [-0.05, 0) is 11.8 Å². The number of benzene rings is 2. The fourth-order valence-electron chi connectivity index (χ4n) is 5.92. The topological polar surface area (TPSA) is 0 Å². The van der Waals surface area contributed by atoms with Crippen LogP contribution in [0.4, 0.5) is 0 Å². The average molecular weight is 640 g/mol. The average Bonchev–Trinajstić information content (AvgIpc) is 3.51. The molecule has 0 aromatic heterocycles. The Bertz CT molecular complexity index is 1100. The third-order valence-corrected chi connectivity index (χ3v) is 7.34. The summed E-state index contributed by atoms with van der Waals surface area (Å²) in [5, 5.41) is 0. The molecule has 0 saturated carbocycles. The Morgan fingerprint density at radius 1 is 0.684 bits per heavy atom. The SMILES string of the molecule is C[SiH]C.Cc1cc2c([cH-]1)CCCC2c1ccccc1.Cc1cc2c([cH-]1)CCCC2c1ccccc1.[Cl][Zr+2][Cl]. The van der Waals surface area contributed by atoms with Crippen LogP contribution in [0.3, 0.4) is 0 Å². The van der Waals surface area contributed by atoms with E-state index in [0.29, 0.717) is 11.8 Å². The van der Waals surface area contributed by atoms with Gasteiger partial charge in [0, 0.05) is 9.52 Å². The van der Waals surface area contributed by atoms with Crippen molar-refractivity contribution in [2.24, 2.45) is 0 Å². The number of hydrogen-bond donors (Lipinski definition) is 0. The first-order chi connectivity index (χ1) is 18.5. The molecular formula is C34H41Cl2SiZr. The van der Waals surface area contributed by atoms with Gasteiger partial charge in [0.15, 0.2) is 0 Å². The van der Waals surface area contributed by atoms with Crippen LogP contribution in [0.15, 0.2) is 84.9 Å². The van der Waals surface area contributed by atoms with Gasteiger partial charge in [0.25, 0.3) is 0 Å². The molecule has 0 N–H and O–H groups in total. The van der Waals surface area contributed by atoms with Crippen LogP contribution in [-0.4, -0.2) is 9.52 Å². The van der Waals surface area contributed by atoms with Crippen molar-refractivity contribution in [3.8, 4) is 0 Å². The summed E-state index contributed by atoms with van der Waals surface area (Å²) in [7, 11) is 10.6. The summed E-state index contributed by atoms with van der Waals surface area (Å²) >= 11 is -0.826. The molecule has 0 fully saturated rings. The second kappa shape index (κ2) is 16.8. The first kappa shape index (κ1) is 31.3. The summed E-state index contributed by atoms with van der Waals surface area (Å²) in [6.07, 6.45) is 7.81. The van der Waals surface area contributed by atoms with E-state index in [1.165, 1.54) is 60.8 Å². The maximum atomic E-state index is 4.93. The minimum atomic E-state index is -0.826. The summed E-state index contributed by atoms with van der Waals surface area (Å²) in [5.74, 6) is 1.28. The van der Waals surface area contributed by atoms with Crippen molar-refractivity contribution in [2.45, 2.75) is 77.3 Å². The quantitative estimate of drug-likeness (QED) is 0.151. The predicted molar refractivity (Wildman–Crippen MR) is 167 cm³/mol. The zero-order chi connectivity index (χ0) is 27.3. The fourth-order valence-corrected chi connectivity index (χ4v) is 5.92. The van der Waals surface area contributed by atoms with Gasteiger partial charge in [-0.1, -0.05) is 137 Å². The number of fused-ring (bicyclic) bond motifs is 2. The van der Waals surface area contributed by atoms with Crippen LogP contribution in [0, 0.1) is 13.8 Å². The molecule has 0 spiro atoms. The maximum absolute atomic E-state index is 4.93. The van der Waals surface area contributed by atoms with Crippen molar-refractivity contribution in [1.29, 1.82) is 0 Å². The van der Waals surface area contributed by atoms with E-state index in [0.717, 1.165) is 9.52 Å². The standard InChI is InChI=1S/2C16H17.C2H7Si.2ClH.Zr/c2*1-12-10-14-8-5-9-15(16(14)11-12)13-6-3-2-4-7-13;1-3-2;;;/h2*2-4,6-7,10-11,15H,5,8-9H2,1H3;3H,1-2H3;2*1H;/q2*-1;;;;+4/p-2. The molecule has 2 aliphatic rings. The molecule has 6 rings (SSSR count). The van der Waals surface area contributed by atoms with E-state index in [4.69, 9.17) is 17.0 Å². The molecular weight excluding hydrogens is 599 g/mol. The molecule has 0 amide bonds. The third kappa shape index (κ3) is 8.92. The van der Waals surface area contributed by atoms with E-state index in [-0.39, 0.29) is 0 Å². The van der Waals surface area contributed by atoms with Crippen LogP contribution in [0.25, 0.3) is 0 Å². The van der Waals surface area contributed by atoms with Crippen LogP contribution < -0.4 is 0 Å². The van der Waals surface area contributed by atoms with E-state index in [2.05, 4.69) is 112 Å². The van der Waals surface area contributed by atoms with Crippen LogP contribution in [0.2, 0.25) is 13.1 Å². The van der Waals surface area contributed by atoms with Gasteiger partial charge in [0.2, 0.25) is 0 Å². The van der Waals surface area contributed by atoms with Gasteiger partial charge in [0.05, 0.1) is 0 Å². The third-order valence-electron chi connectivity index (χ3n) is 7.34. The predicted octanol–water partition coefficient (Wildman–Crippen LogP) is 10.3. The Hall–Kier alpha value is -1.18. The first-order valence-corrected chi connectivity index (χ1v) is 22.5. The summed E-state index contributed by atoms with van der Waals surface area (Å²) < 4.78 is 0. The molecule has 0 saturated heterocycles. The summed E-state index contributed by atoms with van der Waals surface area (Å²) in [5.41, 5.74) is 12.1. The Balaban J connectivity index is 0.000000175. The molecule has 1 radical (unpaired) electrons. The number of hydrogen-bond acceptors (Lipinski definition) is 0. The zero-order valence-electron chi connectivity index (χ0n) is 23.3. The van der Waals surface area contributed by atoms with E-state index in [1.54, 1.807) is 22.3 Å². The Morgan fingerprint density at radius 3 is 1.37 bits per heavy atom. The molecule has 4 heteroatoms. The van der Waals surface area contributed by atoms with Gasteiger partial charge in [-0.2, -0.15) is 45.5 Å². The number of rotatable bonds is 2. The van der Waals surface area contributed by atoms with Crippen molar-refractivity contribution in [3.63, 3.8) is 0 Å². The number of aryl methyl sites for hydroxylation is 4. The molecule has 38 heavy (non-hydrogen) atoms. The minimum absolute atomic E-state index is 0.638. The van der Waals surface area contributed by atoms with Crippen molar-refractivity contribution < 1.29 is 20.8 Å². The summed E-state index contributed by atoms with van der Waals surface area (Å²) in [6, 6.07) is 31.4. The molecule has 2 aliphatic carbocycles. The second-order valence-electron chi connectivity index (χ2n) is 10.4. The number of halogens is 2. The zero-order valence-corrected chi connectivity index (χ0v) is 28.4. The van der Waals surface area contributed by atoms with E-state index >= 15 is 0 Å². The van der Waals surface area contributed by atoms with Crippen LogP contribution in [-0.2, 0) is 33.7 Å². The van der Waals surface area contributed by atoms with E-state index < -0.39 is 20.8 Å². The van der Waals surface area contributed by atoms with Crippen molar-refractivity contribution >= 4 is 26.5 Å². The molecule has 0 heterocycles. The summed E-state index contributed by atoms with van der Waals surface area (Å²) in [4.78, 5) is 0. The van der Waals surface area contributed by atoms with E-state index in [9.17, 15) is 0 Å². The molecule has 199 valence electrons. The van der Waals surface area contributed by atoms with Crippen LogP contribution >= 0.6 is 17.0 Å². The molecule has 2 unspecified atom stereocenters. The van der Waals surface area contributed by atoms with Crippen LogP contribution in [0.1, 0.15) is 82.0 Å². The molecule has 2 atom stereocenters. The Labute approximate surface area is 252 Å². The molecule has 4 aromatic rings. The normalized spacial score (nSPS) is 17.1. The van der Waals surface area contributed by atoms with Gasteiger partial charge in [0.1, 0.15) is 0 Å². The summed E-state index contributed by atoms with van der Waals surface area (Å²) in [6.45, 7) is 8.83. The van der Waals surface area contributed by atoms with Gasteiger partial charge >= 0.3 is 37.9 Å². The van der Waals surface area contributed by atoms with E-state index in [1.807, 2.05) is 0 Å². The first-order valence-electron chi connectivity index (χ1n) is 13.8. The van der Waals surface area contributed by atoms with Crippen molar-refractivity contribution in [1.82, 2.24) is 0 Å². The van der Waals surface area contributed by atoms with Gasteiger partial charge in [-0.15, -0.1) is 0 Å². The Morgan fingerprint density at radius 2 is 1.03 bits per heavy atom. The van der Waals surface area contributed by atoms with Crippen molar-refractivity contribution in [2.75, 3.05) is 0 Å². The molecule has 0 aliphatic heterocycles. The van der Waals surface area contributed by atoms with Crippen molar-refractivity contribution in [3.05, 3.63) is 129 Å². The Kier molecular flexibility index (Phi) is 13.9. The molecule has 0 nitrogen and oxygen atoms in total. The molecule has 4 aromatic carbocycles. The second-order valence-corrected chi connectivity index (χ2v) is 15.3. The van der Waals surface area contributed by atoms with Gasteiger partial charge in [-0.3, -0.25) is 0 Å². The van der Waals surface area contributed by atoms with Gasteiger partial charge in [-0.25, -0.2) is 12.1 Å². The van der Waals surface area contributed by atoms with Crippen LogP contribution in [0.5, 0.6) is 0 Å². The monoisotopic (exact) mass is 637 g/mol. The fraction of sp³-hybridized carbons (Fsp3) is 0.353. The van der Waals surface area contributed by atoms with Gasteiger partial charge < -0.3 is 0 Å².